The Bertz CT molecular complexity index is 1310. The first-order chi connectivity index (χ1) is 18.1. The normalized spacial score (nSPS) is 12.2. The van der Waals surface area contributed by atoms with Gasteiger partial charge in [0.2, 0.25) is 0 Å². The van der Waals surface area contributed by atoms with Crippen molar-refractivity contribution < 1.29 is 9.53 Å². The van der Waals surface area contributed by atoms with E-state index in [0.717, 1.165) is 30.4 Å². The smallest absolute Gasteiger partial charge is 0.343 e. The van der Waals surface area contributed by atoms with Gasteiger partial charge in [-0.3, -0.25) is 0 Å². The predicted molar refractivity (Wildman–Crippen MR) is 155 cm³/mol. The summed E-state index contributed by atoms with van der Waals surface area (Å²) in [4.78, 5) is 12.5. The van der Waals surface area contributed by atoms with Crippen LogP contribution >= 0.6 is 0 Å². The minimum absolute atomic E-state index is 0.350. The van der Waals surface area contributed by atoms with Crippen molar-refractivity contribution in [2.75, 3.05) is 0 Å². The maximum absolute atomic E-state index is 12.5. The van der Waals surface area contributed by atoms with Gasteiger partial charge in [0.05, 0.1) is 5.56 Å². The van der Waals surface area contributed by atoms with Crippen molar-refractivity contribution in [3.8, 4) is 5.75 Å². The van der Waals surface area contributed by atoms with Crippen LogP contribution in [0.4, 0.5) is 0 Å². The SMILES string of the molecule is CC=CCCc1ccc(OC(=O)c2ccc(C=Cc3ccc(C[C@H](C)c4ccccc4)cc3)cc2)cc1. The molecule has 0 aliphatic heterocycles. The molecule has 0 saturated carbocycles. The predicted octanol–water partition coefficient (Wildman–Crippen LogP) is 8.93. The van der Waals surface area contributed by atoms with Crippen LogP contribution in [0, 0.1) is 0 Å². The average Bonchev–Trinajstić information content (AvgIpc) is 2.94. The fourth-order valence-corrected chi connectivity index (χ4v) is 4.25. The van der Waals surface area contributed by atoms with Gasteiger partial charge in [-0.15, -0.1) is 0 Å². The second-order valence-corrected chi connectivity index (χ2v) is 9.35. The van der Waals surface area contributed by atoms with Crippen molar-refractivity contribution in [1.82, 2.24) is 0 Å². The van der Waals surface area contributed by atoms with E-state index >= 15 is 0 Å². The van der Waals surface area contributed by atoms with Crippen molar-refractivity contribution in [3.63, 3.8) is 0 Å². The quantitative estimate of drug-likeness (QED) is 0.0968. The van der Waals surface area contributed by atoms with Crippen LogP contribution in [0.2, 0.25) is 0 Å². The van der Waals surface area contributed by atoms with Gasteiger partial charge in [-0.2, -0.15) is 0 Å². The summed E-state index contributed by atoms with van der Waals surface area (Å²) in [7, 11) is 0. The highest BCUT2D eigenvalue weighted by Gasteiger charge is 2.09. The number of hydrogen-bond donors (Lipinski definition) is 0. The molecule has 0 aliphatic carbocycles. The maximum atomic E-state index is 12.5. The molecule has 0 aromatic heterocycles. The molecule has 0 heterocycles. The molecule has 0 amide bonds. The number of allylic oxidation sites excluding steroid dienone is 2. The molecule has 2 nitrogen and oxygen atoms in total. The number of hydrogen-bond acceptors (Lipinski definition) is 2. The highest BCUT2D eigenvalue weighted by molar-refractivity contribution is 5.91. The molecule has 0 bridgehead atoms. The summed E-state index contributed by atoms with van der Waals surface area (Å²) in [6, 6.07) is 34.6. The van der Waals surface area contributed by atoms with E-state index in [1.807, 2.05) is 55.5 Å². The third kappa shape index (κ3) is 7.91. The second kappa shape index (κ2) is 13.2. The van der Waals surface area contributed by atoms with Crippen molar-refractivity contribution in [2.24, 2.45) is 0 Å². The van der Waals surface area contributed by atoms with Crippen LogP contribution in [0.5, 0.6) is 5.75 Å². The Hall–Kier alpha value is -4.17. The van der Waals surface area contributed by atoms with E-state index < -0.39 is 0 Å². The Balaban J connectivity index is 1.29. The van der Waals surface area contributed by atoms with Crippen molar-refractivity contribution in [1.29, 1.82) is 0 Å². The highest BCUT2D eigenvalue weighted by Crippen LogP contribution is 2.21. The molecular formula is C35H34O2. The molecule has 0 N–H and O–H groups in total. The van der Waals surface area contributed by atoms with E-state index in [1.165, 1.54) is 16.7 Å². The number of carbonyl (C=O) groups excluding carboxylic acids is 1. The molecule has 0 saturated heterocycles. The number of rotatable bonds is 10. The largest absolute Gasteiger partial charge is 0.423 e. The van der Waals surface area contributed by atoms with Gasteiger partial charge in [-0.1, -0.05) is 110 Å². The van der Waals surface area contributed by atoms with Gasteiger partial charge in [-0.05, 0) is 84.2 Å². The number of benzene rings is 4. The molecule has 37 heavy (non-hydrogen) atoms. The zero-order chi connectivity index (χ0) is 25.9. The third-order valence-electron chi connectivity index (χ3n) is 6.47. The topological polar surface area (TPSA) is 26.3 Å². The lowest BCUT2D eigenvalue weighted by Gasteiger charge is -2.12. The van der Waals surface area contributed by atoms with Gasteiger partial charge in [-0.25, -0.2) is 4.79 Å². The van der Waals surface area contributed by atoms with E-state index in [-0.39, 0.29) is 5.97 Å². The Morgan fingerprint density at radius 1 is 0.757 bits per heavy atom. The summed E-state index contributed by atoms with van der Waals surface area (Å²) in [5, 5.41) is 0. The zero-order valence-corrected chi connectivity index (χ0v) is 21.6. The molecular weight excluding hydrogens is 452 g/mol. The van der Waals surface area contributed by atoms with Gasteiger partial charge in [0.1, 0.15) is 5.75 Å². The molecule has 0 fully saturated rings. The van der Waals surface area contributed by atoms with Gasteiger partial charge >= 0.3 is 5.97 Å². The van der Waals surface area contributed by atoms with Crippen LogP contribution in [0.1, 0.15) is 64.4 Å². The van der Waals surface area contributed by atoms with Crippen molar-refractivity contribution in [3.05, 3.63) is 149 Å². The monoisotopic (exact) mass is 486 g/mol. The fourth-order valence-electron chi connectivity index (χ4n) is 4.25. The Labute approximate surface area is 221 Å². The van der Waals surface area contributed by atoms with Crippen molar-refractivity contribution >= 4 is 18.1 Å². The number of esters is 1. The van der Waals surface area contributed by atoms with Gasteiger partial charge in [0.15, 0.2) is 0 Å². The zero-order valence-electron chi connectivity index (χ0n) is 21.6. The summed E-state index contributed by atoms with van der Waals surface area (Å²) >= 11 is 0. The molecule has 1 atom stereocenters. The van der Waals surface area contributed by atoms with Crippen LogP contribution in [0.25, 0.3) is 12.2 Å². The maximum Gasteiger partial charge on any atom is 0.343 e. The first-order valence-electron chi connectivity index (χ1n) is 12.9. The molecule has 4 aromatic rings. The lowest BCUT2D eigenvalue weighted by atomic mass is 9.93. The highest BCUT2D eigenvalue weighted by atomic mass is 16.5. The second-order valence-electron chi connectivity index (χ2n) is 9.35. The van der Waals surface area contributed by atoms with E-state index in [4.69, 9.17) is 4.74 Å². The molecule has 186 valence electrons. The Morgan fingerprint density at radius 2 is 1.35 bits per heavy atom. The summed E-state index contributed by atoms with van der Waals surface area (Å²) < 4.78 is 5.55. The first-order valence-corrected chi connectivity index (χ1v) is 12.9. The van der Waals surface area contributed by atoms with E-state index in [2.05, 4.69) is 85.8 Å². The van der Waals surface area contributed by atoms with Crippen LogP contribution in [0.3, 0.4) is 0 Å². The fraction of sp³-hybridized carbons (Fsp3) is 0.171. The molecule has 2 heteroatoms. The lowest BCUT2D eigenvalue weighted by molar-refractivity contribution is 0.0734. The molecule has 0 radical (unpaired) electrons. The third-order valence-corrected chi connectivity index (χ3v) is 6.47. The van der Waals surface area contributed by atoms with E-state index in [9.17, 15) is 4.79 Å². The Kier molecular flexibility index (Phi) is 9.26. The lowest BCUT2D eigenvalue weighted by Crippen LogP contribution is -2.08. The first kappa shape index (κ1) is 25.9. The summed E-state index contributed by atoms with van der Waals surface area (Å²) in [6.07, 6.45) is 11.4. The molecule has 0 spiro atoms. The number of carbonyl (C=O) groups is 1. The van der Waals surface area contributed by atoms with E-state index in [1.54, 1.807) is 0 Å². The van der Waals surface area contributed by atoms with E-state index in [0.29, 0.717) is 17.2 Å². The number of aryl methyl sites for hydroxylation is 1. The summed E-state index contributed by atoms with van der Waals surface area (Å²) in [5.41, 5.74) is 6.64. The standard InChI is InChI=1S/C35H34O2/c1-3-4-6-9-28-20-24-34(25-21-28)37-35(36)33-22-18-30(19-23-33)13-12-29-14-16-31(17-15-29)26-27(2)32-10-7-5-8-11-32/h3-5,7-8,10-25,27H,6,9,26H2,1-2H3/t27-/m0/s1. The molecule has 4 aromatic carbocycles. The molecule has 0 unspecified atom stereocenters. The minimum Gasteiger partial charge on any atom is -0.423 e. The van der Waals surface area contributed by atoms with Crippen LogP contribution in [0.15, 0.2) is 115 Å². The van der Waals surface area contributed by atoms with Crippen LogP contribution in [-0.4, -0.2) is 5.97 Å². The van der Waals surface area contributed by atoms with Crippen LogP contribution < -0.4 is 4.74 Å². The number of ether oxygens (including phenoxy) is 1. The van der Waals surface area contributed by atoms with Crippen molar-refractivity contribution in [2.45, 2.75) is 39.0 Å². The average molecular weight is 487 g/mol. The Morgan fingerprint density at radius 3 is 1.97 bits per heavy atom. The summed E-state index contributed by atoms with van der Waals surface area (Å²) in [5.74, 6) is 0.697. The van der Waals surface area contributed by atoms with Crippen LogP contribution in [-0.2, 0) is 12.8 Å². The van der Waals surface area contributed by atoms with Gasteiger partial charge < -0.3 is 4.74 Å². The minimum atomic E-state index is -0.350. The van der Waals surface area contributed by atoms with Gasteiger partial charge in [0.25, 0.3) is 0 Å². The summed E-state index contributed by atoms with van der Waals surface area (Å²) in [6.45, 7) is 4.30. The molecule has 4 rings (SSSR count). The molecule has 0 aliphatic rings. The van der Waals surface area contributed by atoms with Gasteiger partial charge in [0, 0.05) is 0 Å².